The Morgan fingerprint density at radius 2 is 1.96 bits per heavy atom. The number of nitrogens with zero attached hydrogens (tertiary/aromatic N) is 4. The van der Waals surface area contributed by atoms with Crippen LogP contribution in [0.4, 0.5) is 10.3 Å². The molecule has 0 fully saturated rings. The van der Waals surface area contributed by atoms with Gasteiger partial charge in [-0.1, -0.05) is 23.9 Å². The summed E-state index contributed by atoms with van der Waals surface area (Å²) in [7, 11) is 0. The third kappa shape index (κ3) is 3.48. The van der Waals surface area contributed by atoms with Gasteiger partial charge in [0.15, 0.2) is 5.17 Å². The molecule has 0 saturated carbocycles. The Bertz CT molecular complexity index is 917. The molecule has 0 amide bonds. The predicted molar refractivity (Wildman–Crippen MR) is 106 cm³/mol. The van der Waals surface area contributed by atoms with E-state index in [-0.39, 0.29) is 31.1 Å². The van der Waals surface area contributed by atoms with Gasteiger partial charge < -0.3 is 20.4 Å². The maximum absolute atomic E-state index is 13.4. The molecule has 4 rings (SSSR count). The number of hydrogen-bond acceptors (Lipinski definition) is 8. The molecule has 0 aliphatic carbocycles. The van der Waals surface area contributed by atoms with E-state index < -0.39 is 5.54 Å². The average molecular weight is 401 g/mol. The van der Waals surface area contributed by atoms with Gasteiger partial charge in [0.1, 0.15) is 17.9 Å². The fraction of sp³-hybridized carbons (Fsp3) is 0.316. The van der Waals surface area contributed by atoms with Gasteiger partial charge in [0.05, 0.1) is 24.4 Å². The lowest BCUT2D eigenvalue weighted by Crippen LogP contribution is -2.43. The van der Waals surface area contributed by atoms with Gasteiger partial charge in [-0.15, -0.1) is 0 Å². The van der Waals surface area contributed by atoms with E-state index in [4.69, 9.17) is 4.99 Å². The van der Waals surface area contributed by atoms with Gasteiger partial charge in [0, 0.05) is 12.4 Å². The fourth-order valence-corrected chi connectivity index (χ4v) is 3.93. The number of hydrogen-bond donors (Lipinski definition) is 3. The van der Waals surface area contributed by atoms with Crippen LogP contribution in [-0.4, -0.2) is 49.0 Å². The number of rotatable bonds is 6. The molecule has 2 unspecified atom stereocenters. The summed E-state index contributed by atoms with van der Waals surface area (Å²) in [5, 5.41) is 24.8. The first-order valence-corrected chi connectivity index (χ1v) is 9.69. The maximum Gasteiger partial charge on any atom is 0.223 e. The van der Waals surface area contributed by atoms with E-state index in [2.05, 4.69) is 15.3 Å². The van der Waals surface area contributed by atoms with E-state index in [1.54, 1.807) is 25.3 Å². The van der Waals surface area contributed by atoms with E-state index in [0.717, 1.165) is 16.4 Å². The summed E-state index contributed by atoms with van der Waals surface area (Å²) in [6, 6.07) is 7.71. The SMILES string of the molecule is CC(CO)(CO)Nc1nccc(C2C(c3ccc(F)cc3)N=C3SC=CN32)n1. The summed E-state index contributed by atoms with van der Waals surface area (Å²) in [5.74, 6) is 0.0202. The largest absolute Gasteiger partial charge is 0.394 e. The molecule has 0 bridgehead atoms. The standard InChI is InChI=1S/C19H20FN5O2S/c1-19(10-26,11-27)24-17-21-7-6-14(22-17)16-15(12-2-4-13(20)5-3-12)23-18-25(16)8-9-28-18/h2-9,15-16,26-27H,10-11H2,1H3,(H,21,22,24). The molecule has 2 atom stereocenters. The molecular formula is C19H20FN5O2S. The molecule has 0 spiro atoms. The van der Waals surface area contributed by atoms with E-state index in [9.17, 15) is 14.6 Å². The third-order valence-electron chi connectivity index (χ3n) is 4.77. The highest BCUT2D eigenvalue weighted by Gasteiger charge is 2.40. The fourth-order valence-electron chi connectivity index (χ4n) is 3.15. The number of aliphatic imine (C=N–C) groups is 1. The number of aliphatic hydroxyl groups excluding tert-OH is 2. The second kappa shape index (κ2) is 7.50. The minimum atomic E-state index is -0.935. The highest BCUT2D eigenvalue weighted by molar-refractivity contribution is 8.16. The van der Waals surface area contributed by atoms with Crippen LogP contribution in [-0.2, 0) is 0 Å². The van der Waals surface area contributed by atoms with Crippen molar-refractivity contribution >= 4 is 22.9 Å². The number of aliphatic hydroxyl groups is 2. The second-order valence-corrected chi connectivity index (χ2v) is 7.84. The summed E-state index contributed by atoms with van der Waals surface area (Å²) in [6.07, 6.45) is 3.59. The molecule has 0 saturated heterocycles. The van der Waals surface area contributed by atoms with E-state index >= 15 is 0 Å². The Labute approximate surface area is 166 Å². The number of benzene rings is 1. The van der Waals surface area contributed by atoms with Gasteiger partial charge in [-0.25, -0.2) is 14.4 Å². The van der Waals surface area contributed by atoms with Crippen LogP contribution in [0.2, 0.25) is 0 Å². The van der Waals surface area contributed by atoms with Crippen LogP contribution >= 0.6 is 11.8 Å². The monoisotopic (exact) mass is 401 g/mol. The Kier molecular flexibility index (Phi) is 5.05. The molecule has 2 aliphatic heterocycles. The zero-order chi connectivity index (χ0) is 19.7. The molecule has 28 heavy (non-hydrogen) atoms. The first-order valence-electron chi connectivity index (χ1n) is 8.81. The molecule has 1 aromatic heterocycles. The number of halogens is 1. The van der Waals surface area contributed by atoms with Gasteiger partial charge in [-0.3, -0.25) is 4.99 Å². The number of nitrogens with one attached hydrogen (secondary N) is 1. The molecule has 2 aromatic rings. The molecular weight excluding hydrogens is 381 g/mol. The number of anilines is 1. The molecule has 3 heterocycles. The molecule has 146 valence electrons. The van der Waals surface area contributed by atoms with Crippen molar-refractivity contribution in [1.29, 1.82) is 0 Å². The first kappa shape index (κ1) is 18.9. The maximum atomic E-state index is 13.4. The van der Waals surface area contributed by atoms with Gasteiger partial charge in [-0.05, 0) is 36.1 Å². The van der Waals surface area contributed by atoms with Crippen LogP contribution in [0.25, 0.3) is 0 Å². The minimum Gasteiger partial charge on any atom is -0.394 e. The number of fused-ring (bicyclic) bond motifs is 1. The smallest absolute Gasteiger partial charge is 0.223 e. The van der Waals surface area contributed by atoms with E-state index in [0.29, 0.717) is 5.95 Å². The van der Waals surface area contributed by atoms with Crippen LogP contribution in [0.15, 0.2) is 53.1 Å². The molecule has 3 N–H and O–H groups in total. The normalized spacial score (nSPS) is 21.0. The van der Waals surface area contributed by atoms with Gasteiger partial charge in [0.25, 0.3) is 0 Å². The number of aromatic nitrogens is 2. The summed E-state index contributed by atoms with van der Waals surface area (Å²) < 4.78 is 13.4. The molecule has 2 aliphatic rings. The summed E-state index contributed by atoms with van der Waals surface area (Å²) in [6.45, 7) is 1.15. The van der Waals surface area contributed by atoms with Crippen LogP contribution in [0.5, 0.6) is 0 Å². The highest BCUT2D eigenvalue weighted by Crippen LogP contribution is 2.46. The van der Waals surface area contributed by atoms with Gasteiger partial charge >= 0.3 is 0 Å². The van der Waals surface area contributed by atoms with Crippen molar-refractivity contribution in [2.45, 2.75) is 24.5 Å². The summed E-state index contributed by atoms with van der Waals surface area (Å²) >= 11 is 1.53. The van der Waals surface area contributed by atoms with Crippen molar-refractivity contribution in [2.75, 3.05) is 18.5 Å². The topological polar surface area (TPSA) is 93.9 Å². The lowest BCUT2D eigenvalue weighted by atomic mass is 9.97. The second-order valence-electron chi connectivity index (χ2n) is 6.97. The van der Waals surface area contributed by atoms with Crippen molar-refractivity contribution in [2.24, 2.45) is 4.99 Å². The van der Waals surface area contributed by atoms with Crippen LogP contribution < -0.4 is 5.32 Å². The highest BCUT2D eigenvalue weighted by atomic mass is 32.2. The molecule has 0 radical (unpaired) electrons. The molecule has 7 nitrogen and oxygen atoms in total. The van der Waals surface area contributed by atoms with Crippen molar-refractivity contribution in [1.82, 2.24) is 14.9 Å². The third-order valence-corrected chi connectivity index (χ3v) is 5.55. The summed E-state index contributed by atoms with van der Waals surface area (Å²) in [4.78, 5) is 15.7. The Balaban J connectivity index is 1.68. The predicted octanol–water partition coefficient (Wildman–Crippen LogP) is 2.44. The minimum absolute atomic E-state index is 0.204. The lowest BCUT2D eigenvalue weighted by molar-refractivity contribution is 0.147. The van der Waals surface area contributed by atoms with Crippen LogP contribution in [0.3, 0.4) is 0 Å². The quantitative estimate of drug-likeness (QED) is 0.684. The summed E-state index contributed by atoms with van der Waals surface area (Å²) in [5.41, 5.74) is 0.692. The molecule has 9 heteroatoms. The first-order chi connectivity index (χ1) is 13.5. The lowest BCUT2D eigenvalue weighted by Gasteiger charge is -2.28. The zero-order valence-corrected chi connectivity index (χ0v) is 16.0. The average Bonchev–Trinajstić information content (AvgIpc) is 3.30. The number of thioether (sulfide) groups is 1. The Morgan fingerprint density at radius 1 is 1.21 bits per heavy atom. The van der Waals surface area contributed by atoms with Crippen LogP contribution in [0, 0.1) is 5.82 Å². The Hall–Kier alpha value is -2.49. The van der Waals surface area contributed by atoms with Crippen molar-refractivity contribution < 1.29 is 14.6 Å². The Morgan fingerprint density at radius 3 is 2.68 bits per heavy atom. The van der Waals surface area contributed by atoms with Crippen molar-refractivity contribution in [3.8, 4) is 0 Å². The van der Waals surface area contributed by atoms with E-state index in [1.807, 2.05) is 22.6 Å². The van der Waals surface area contributed by atoms with Gasteiger partial charge in [-0.2, -0.15) is 0 Å². The van der Waals surface area contributed by atoms with Crippen molar-refractivity contribution in [3.63, 3.8) is 0 Å². The van der Waals surface area contributed by atoms with Crippen LogP contribution in [0.1, 0.15) is 30.3 Å². The number of amidine groups is 1. The van der Waals surface area contributed by atoms with Crippen molar-refractivity contribution in [3.05, 3.63) is 65.2 Å². The molecule has 1 aromatic carbocycles. The van der Waals surface area contributed by atoms with E-state index in [1.165, 1.54) is 23.9 Å². The van der Waals surface area contributed by atoms with Gasteiger partial charge in [0.2, 0.25) is 5.95 Å². The zero-order valence-electron chi connectivity index (χ0n) is 15.2.